The predicted octanol–water partition coefficient (Wildman–Crippen LogP) is 2.90. The van der Waals surface area contributed by atoms with E-state index in [1.54, 1.807) is 22.9 Å². The van der Waals surface area contributed by atoms with Gasteiger partial charge in [-0.3, -0.25) is 4.40 Å². The maximum atomic E-state index is 13.7. The predicted molar refractivity (Wildman–Crippen MR) is 102 cm³/mol. The van der Waals surface area contributed by atoms with Crippen molar-refractivity contribution in [2.45, 2.75) is 31.7 Å². The minimum atomic E-state index is -0.304. The van der Waals surface area contributed by atoms with Crippen LogP contribution in [-0.4, -0.2) is 45.0 Å². The van der Waals surface area contributed by atoms with Gasteiger partial charge in [0.15, 0.2) is 5.82 Å². The van der Waals surface area contributed by atoms with Gasteiger partial charge in [-0.2, -0.15) is 0 Å². The molecule has 140 valence electrons. The normalized spacial score (nSPS) is 20.1. The topological polar surface area (TPSA) is 58.4 Å². The highest BCUT2D eigenvalue weighted by atomic mass is 19.1. The zero-order chi connectivity index (χ0) is 18.2. The van der Waals surface area contributed by atoms with Gasteiger partial charge in [0, 0.05) is 31.5 Å². The quantitative estimate of drug-likeness (QED) is 0.752. The first kappa shape index (κ1) is 16.6. The summed E-state index contributed by atoms with van der Waals surface area (Å²) in [5, 5.41) is 3.51. The summed E-state index contributed by atoms with van der Waals surface area (Å²) in [6, 6.07) is 5.53. The summed E-state index contributed by atoms with van der Waals surface area (Å²) in [5.74, 6) is 2.00. The number of anilines is 1. The fraction of sp³-hybridized carbons (Fsp3) is 0.450. The lowest BCUT2D eigenvalue weighted by Gasteiger charge is -2.35. The van der Waals surface area contributed by atoms with E-state index in [0.29, 0.717) is 23.2 Å². The summed E-state index contributed by atoms with van der Waals surface area (Å²) in [5.41, 5.74) is 1.39. The summed E-state index contributed by atoms with van der Waals surface area (Å²) in [4.78, 5) is 16.1. The minimum absolute atomic E-state index is 0.304. The van der Waals surface area contributed by atoms with E-state index in [1.165, 1.54) is 37.9 Å². The van der Waals surface area contributed by atoms with Crippen molar-refractivity contribution < 1.29 is 4.39 Å². The molecular formula is C20H23FN6. The third-order valence-corrected chi connectivity index (χ3v) is 5.50. The Labute approximate surface area is 157 Å². The van der Waals surface area contributed by atoms with Crippen LogP contribution < -0.4 is 10.2 Å². The largest absolute Gasteiger partial charge is 0.352 e. The molecule has 0 bridgehead atoms. The lowest BCUT2D eigenvalue weighted by Crippen LogP contribution is -2.47. The van der Waals surface area contributed by atoms with Gasteiger partial charge < -0.3 is 10.2 Å². The Kier molecular flexibility index (Phi) is 4.24. The number of rotatable bonds is 5. The summed E-state index contributed by atoms with van der Waals surface area (Å²) in [6.45, 7) is 3.13. The average molecular weight is 366 g/mol. The Morgan fingerprint density at radius 3 is 2.93 bits per heavy atom. The first-order valence-electron chi connectivity index (χ1n) is 9.71. The average Bonchev–Trinajstić information content (AvgIpc) is 3.44. The van der Waals surface area contributed by atoms with E-state index in [-0.39, 0.29) is 5.82 Å². The zero-order valence-corrected chi connectivity index (χ0v) is 15.2. The van der Waals surface area contributed by atoms with Crippen LogP contribution in [0.15, 0.2) is 36.8 Å². The van der Waals surface area contributed by atoms with Crippen molar-refractivity contribution in [3.63, 3.8) is 0 Å². The summed E-state index contributed by atoms with van der Waals surface area (Å²) >= 11 is 0. The van der Waals surface area contributed by atoms with E-state index in [4.69, 9.17) is 4.98 Å². The third-order valence-electron chi connectivity index (χ3n) is 5.50. The highest BCUT2D eigenvalue weighted by Gasteiger charge is 2.30. The molecule has 3 aromatic heterocycles. The maximum Gasteiger partial charge on any atom is 0.180 e. The highest BCUT2D eigenvalue weighted by molar-refractivity contribution is 5.58. The van der Waals surface area contributed by atoms with Crippen LogP contribution in [0.2, 0.25) is 0 Å². The molecule has 1 saturated carbocycles. The standard InChI is InChI=1S/C20H23FN6/c21-15-5-6-18-24-11-17(27(18)13-15)20-23-9-7-19(25-20)26(12-14-3-4-14)16-2-1-8-22-10-16/h5-7,9,11,13-14,16,22H,1-4,8,10,12H2. The van der Waals surface area contributed by atoms with E-state index in [0.717, 1.165) is 31.4 Å². The number of fused-ring (bicyclic) bond motifs is 1. The molecule has 2 fully saturated rings. The van der Waals surface area contributed by atoms with Gasteiger partial charge in [0.2, 0.25) is 0 Å². The second-order valence-corrected chi connectivity index (χ2v) is 7.55. The molecule has 7 heteroatoms. The van der Waals surface area contributed by atoms with Gasteiger partial charge in [0.25, 0.3) is 0 Å². The fourth-order valence-corrected chi connectivity index (χ4v) is 3.86. The molecule has 1 atom stereocenters. The van der Waals surface area contributed by atoms with Gasteiger partial charge >= 0.3 is 0 Å². The van der Waals surface area contributed by atoms with Crippen molar-refractivity contribution in [1.29, 1.82) is 0 Å². The van der Waals surface area contributed by atoms with Gasteiger partial charge in [-0.25, -0.2) is 19.3 Å². The van der Waals surface area contributed by atoms with Crippen molar-refractivity contribution in [2.75, 3.05) is 24.5 Å². The number of nitrogens with zero attached hydrogens (tertiary/aromatic N) is 5. The molecule has 4 heterocycles. The van der Waals surface area contributed by atoms with E-state index in [9.17, 15) is 4.39 Å². The van der Waals surface area contributed by atoms with Crippen molar-refractivity contribution in [3.05, 3.63) is 42.6 Å². The van der Waals surface area contributed by atoms with Crippen molar-refractivity contribution in [2.24, 2.45) is 5.92 Å². The number of hydrogen-bond acceptors (Lipinski definition) is 5. The molecule has 1 aliphatic heterocycles. The lowest BCUT2D eigenvalue weighted by atomic mass is 10.1. The molecule has 0 radical (unpaired) electrons. The molecular weight excluding hydrogens is 343 g/mol. The number of hydrogen-bond donors (Lipinski definition) is 1. The Balaban J connectivity index is 1.51. The van der Waals surface area contributed by atoms with Crippen LogP contribution in [-0.2, 0) is 0 Å². The molecule has 6 nitrogen and oxygen atoms in total. The van der Waals surface area contributed by atoms with Gasteiger partial charge in [-0.15, -0.1) is 0 Å². The molecule has 0 amide bonds. The Morgan fingerprint density at radius 2 is 2.11 bits per heavy atom. The van der Waals surface area contributed by atoms with Gasteiger partial charge in [0.05, 0.1) is 6.20 Å². The van der Waals surface area contributed by atoms with Crippen LogP contribution in [0.4, 0.5) is 10.2 Å². The van der Waals surface area contributed by atoms with Crippen LogP contribution in [0.25, 0.3) is 17.2 Å². The first-order valence-corrected chi connectivity index (χ1v) is 9.71. The van der Waals surface area contributed by atoms with Crippen molar-refractivity contribution in [3.8, 4) is 11.5 Å². The van der Waals surface area contributed by atoms with E-state index in [2.05, 4.69) is 20.2 Å². The molecule has 1 N–H and O–H groups in total. The molecule has 1 aliphatic carbocycles. The molecule has 1 unspecified atom stereocenters. The Morgan fingerprint density at radius 1 is 1.19 bits per heavy atom. The number of imidazole rings is 1. The number of piperidine rings is 1. The zero-order valence-electron chi connectivity index (χ0n) is 15.2. The van der Waals surface area contributed by atoms with Crippen molar-refractivity contribution in [1.82, 2.24) is 24.7 Å². The summed E-state index contributed by atoms with van der Waals surface area (Å²) in [7, 11) is 0. The molecule has 3 aromatic rings. The van der Waals surface area contributed by atoms with Gasteiger partial charge in [-0.1, -0.05) is 0 Å². The van der Waals surface area contributed by atoms with Crippen LogP contribution >= 0.6 is 0 Å². The van der Waals surface area contributed by atoms with E-state index < -0.39 is 0 Å². The van der Waals surface area contributed by atoms with Crippen LogP contribution in [0.1, 0.15) is 25.7 Å². The minimum Gasteiger partial charge on any atom is -0.352 e. The van der Waals surface area contributed by atoms with Crippen LogP contribution in [0, 0.1) is 11.7 Å². The second kappa shape index (κ2) is 6.88. The molecule has 0 spiro atoms. The lowest BCUT2D eigenvalue weighted by molar-refractivity contribution is 0.425. The van der Waals surface area contributed by atoms with Crippen LogP contribution in [0.5, 0.6) is 0 Å². The number of nitrogens with one attached hydrogen (secondary N) is 1. The first-order chi connectivity index (χ1) is 13.3. The summed E-state index contributed by atoms with van der Waals surface area (Å²) < 4.78 is 15.4. The number of pyridine rings is 1. The monoisotopic (exact) mass is 366 g/mol. The van der Waals surface area contributed by atoms with Crippen LogP contribution in [0.3, 0.4) is 0 Å². The molecule has 27 heavy (non-hydrogen) atoms. The van der Waals surface area contributed by atoms with Gasteiger partial charge in [-0.05, 0) is 56.3 Å². The maximum absolute atomic E-state index is 13.7. The molecule has 1 saturated heterocycles. The van der Waals surface area contributed by atoms with E-state index >= 15 is 0 Å². The molecule has 0 aromatic carbocycles. The Bertz CT molecular complexity index is 945. The SMILES string of the molecule is Fc1ccc2ncc(-c3nccc(N(CC4CC4)C4CCCNC4)n3)n2c1. The summed E-state index contributed by atoms with van der Waals surface area (Å²) in [6.07, 6.45) is 9.92. The highest BCUT2D eigenvalue weighted by Crippen LogP contribution is 2.33. The second-order valence-electron chi connectivity index (χ2n) is 7.55. The smallest absolute Gasteiger partial charge is 0.180 e. The van der Waals surface area contributed by atoms with E-state index in [1.807, 2.05) is 6.07 Å². The molecule has 5 rings (SSSR count). The van der Waals surface area contributed by atoms with Gasteiger partial charge in [0.1, 0.15) is 23.0 Å². The third kappa shape index (κ3) is 3.39. The fourth-order valence-electron chi connectivity index (χ4n) is 3.86. The number of halogens is 1. The molecule has 2 aliphatic rings. The number of aromatic nitrogens is 4. The Hall–Kier alpha value is -2.54. The van der Waals surface area contributed by atoms with Crippen molar-refractivity contribution >= 4 is 11.5 Å².